The van der Waals surface area contributed by atoms with Crippen LogP contribution in [0.4, 0.5) is 20.9 Å². The average molecular weight is 473 g/mol. The van der Waals surface area contributed by atoms with Crippen LogP contribution < -0.4 is 14.5 Å². The van der Waals surface area contributed by atoms with Crippen LogP contribution in [0.5, 0.6) is 0 Å². The molecule has 1 atom stereocenters. The number of amides is 1. The third-order valence-electron chi connectivity index (χ3n) is 5.96. The van der Waals surface area contributed by atoms with Crippen LogP contribution in [-0.2, 0) is 21.2 Å². The van der Waals surface area contributed by atoms with Gasteiger partial charge in [0.1, 0.15) is 11.9 Å². The lowest BCUT2D eigenvalue weighted by atomic mass is 10.1. The molecule has 0 unspecified atom stereocenters. The standard InChI is InChI=1S/C22H21FN4O3S2/c1-14-12-15-6-9-27(20(15)13-18(14)23)19-7-10-26(21(19)28)16-2-4-17(5-3-16)32(29,30)25-22-24-8-11-31-22/h2-5,8,11-13,19H,6-7,9-10H2,1H3,(H,24,25)/t19-/m0/s1. The highest BCUT2D eigenvalue weighted by molar-refractivity contribution is 7.93. The second kappa shape index (κ2) is 7.86. The Morgan fingerprint density at radius 2 is 1.97 bits per heavy atom. The summed E-state index contributed by atoms with van der Waals surface area (Å²) in [7, 11) is -3.75. The Kier molecular flexibility index (Phi) is 5.13. The Morgan fingerprint density at radius 1 is 1.19 bits per heavy atom. The number of nitrogens with zero attached hydrogens (tertiary/aromatic N) is 3. The van der Waals surface area contributed by atoms with Crippen molar-refractivity contribution in [3.05, 3.63) is 64.9 Å². The zero-order valence-corrected chi connectivity index (χ0v) is 18.9. The molecule has 0 aliphatic carbocycles. The van der Waals surface area contributed by atoms with Crippen LogP contribution in [0.15, 0.2) is 52.9 Å². The van der Waals surface area contributed by atoms with Gasteiger partial charge in [0.25, 0.3) is 10.0 Å². The van der Waals surface area contributed by atoms with Gasteiger partial charge >= 0.3 is 0 Å². The molecule has 2 aromatic carbocycles. The zero-order valence-electron chi connectivity index (χ0n) is 17.3. The second-order valence-electron chi connectivity index (χ2n) is 7.90. The maximum atomic E-state index is 14.1. The lowest BCUT2D eigenvalue weighted by Crippen LogP contribution is -2.41. The number of halogens is 1. The number of fused-ring (bicyclic) bond motifs is 1. The van der Waals surface area contributed by atoms with Gasteiger partial charge in [0.2, 0.25) is 5.91 Å². The highest BCUT2D eigenvalue weighted by Crippen LogP contribution is 2.35. The third-order valence-corrected chi connectivity index (χ3v) is 8.13. The number of hydrogen-bond acceptors (Lipinski definition) is 6. The van der Waals surface area contributed by atoms with Gasteiger partial charge in [-0.3, -0.25) is 9.52 Å². The smallest absolute Gasteiger partial charge is 0.263 e. The van der Waals surface area contributed by atoms with Crippen LogP contribution in [0.3, 0.4) is 0 Å². The van der Waals surface area contributed by atoms with Gasteiger partial charge in [0.05, 0.1) is 4.90 Å². The van der Waals surface area contributed by atoms with E-state index in [9.17, 15) is 17.6 Å². The summed E-state index contributed by atoms with van der Waals surface area (Å²) in [5.41, 5.74) is 3.12. The van der Waals surface area contributed by atoms with Crippen LogP contribution in [0.1, 0.15) is 17.5 Å². The third kappa shape index (κ3) is 3.63. The van der Waals surface area contributed by atoms with Crippen molar-refractivity contribution in [2.75, 3.05) is 27.6 Å². The van der Waals surface area contributed by atoms with E-state index in [1.807, 2.05) is 11.0 Å². The number of benzene rings is 2. The van der Waals surface area contributed by atoms with E-state index in [-0.39, 0.29) is 22.7 Å². The summed E-state index contributed by atoms with van der Waals surface area (Å²) < 4.78 is 41.6. The molecule has 2 aliphatic rings. The molecular formula is C22H21FN4O3S2. The highest BCUT2D eigenvalue weighted by Gasteiger charge is 2.39. The molecule has 7 nitrogen and oxygen atoms in total. The first-order chi connectivity index (χ1) is 15.3. The molecule has 1 aromatic heterocycles. The van der Waals surface area contributed by atoms with Gasteiger partial charge in [-0.05, 0) is 61.2 Å². The maximum Gasteiger partial charge on any atom is 0.263 e. The van der Waals surface area contributed by atoms with E-state index in [2.05, 4.69) is 9.71 Å². The lowest BCUT2D eigenvalue weighted by molar-refractivity contribution is -0.118. The zero-order chi connectivity index (χ0) is 22.5. The number of thiazole rings is 1. The number of nitrogens with one attached hydrogen (secondary N) is 1. The summed E-state index contributed by atoms with van der Waals surface area (Å²) in [6, 6.07) is 9.27. The molecular weight excluding hydrogens is 451 g/mol. The first-order valence-corrected chi connectivity index (χ1v) is 12.6. The summed E-state index contributed by atoms with van der Waals surface area (Å²) in [5, 5.41) is 1.98. The van der Waals surface area contributed by atoms with Crippen molar-refractivity contribution >= 4 is 43.8 Å². The fraction of sp³-hybridized carbons (Fsp3) is 0.273. The van der Waals surface area contributed by atoms with E-state index in [4.69, 9.17) is 0 Å². The minimum absolute atomic E-state index is 0.0599. The van der Waals surface area contributed by atoms with Crippen molar-refractivity contribution in [3.63, 3.8) is 0 Å². The number of carbonyl (C=O) groups is 1. The SMILES string of the molecule is Cc1cc2c(cc1F)N([C@H]1CCN(c3ccc(S(=O)(=O)Nc4nccs4)cc3)C1=O)CC2. The molecule has 2 aliphatic heterocycles. The molecule has 3 heterocycles. The van der Waals surface area contributed by atoms with E-state index in [0.717, 1.165) is 17.7 Å². The van der Waals surface area contributed by atoms with Gasteiger partial charge < -0.3 is 9.80 Å². The summed E-state index contributed by atoms with van der Waals surface area (Å²) in [6.07, 6.45) is 2.94. The van der Waals surface area contributed by atoms with Crippen molar-refractivity contribution in [2.24, 2.45) is 0 Å². The van der Waals surface area contributed by atoms with E-state index in [1.54, 1.807) is 29.3 Å². The highest BCUT2D eigenvalue weighted by atomic mass is 32.2. The Bertz CT molecular complexity index is 1280. The maximum absolute atomic E-state index is 14.1. The van der Waals surface area contributed by atoms with Crippen molar-refractivity contribution in [3.8, 4) is 0 Å². The Labute approximate surface area is 189 Å². The fourth-order valence-electron chi connectivity index (χ4n) is 4.35. The number of rotatable bonds is 5. The number of aromatic nitrogens is 1. The second-order valence-corrected chi connectivity index (χ2v) is 10.5. The monoisotopic (exact) mass is 472 g/mol. The Hall–Kier alpha value is -2.98. The first kappa shape index (κ1) is 20.9. The van der Waals surface area contributed by atoms with E-state index < -0.39 is 10.0 Å². The van der Waals surface area contributed by atoms with Crippen LogP contribution in [0.25, 0.3) is 0 Å². The van der Waals surface area contributed by atoms with E-state index in [1.165, 1.54) is 35.7 Å². The number of anilines is 3. The van der Waals surface area contributed by atoms with Crippen LogP contribution >= 0.6 is 11.3 Å². The molecule has 0 radical (unpaired) electrons. The fourth-order valence-corrected chi connectivity index (χ4v) is 6.14. The van der Waals surface area contributed by atoms with E-state index >= 15 is 0 Å². The topological polar surface area (TPSA) is 82.6 Å². The number of carbonyl (C=O) groups excluding carboxylic acids is 1. The summed E-state index contributed by atoms with van der Waals surface area (Å²) in [4.78, 5) is 20.9. The largest absolute Gasteiger partial charge is 0.359 e. The van der Waals surface area contributed by atoms with Crippen molar-refractivity contribution in [2.45, 2.75) is 30.7 Å². The predicted molar refractivity (Wildman–Crippen MR) is 122 cm³/mol. The van der Waals surface area contributed by atoms with Crippen LogP contribution in [0, 0.1) is 12.7 Å². The molecule has 1 saturated heterocycles. The van der Waals surface area contributed by atoms with E-state index in [0.29, 0.717) is 35.9 Å². The van der Waals surface area contributed by atoms with Gasteiger partial charge in [-0.1, -0.05) is 6.07 Å². The normalized spacial score (nSPS) is 18.3. The number of sulfonamides is 1. The molecule has 0 spiro atoms. The van der Waals surface area contributed by atoms with Crippen LogP contribution in [-0.4, -0.2) is 38.4 Å². The molecule has 1 amide bonds. The van der Waals surface area contributed by atoms with Gasteiger partial charge in [0.15, 0.2) is 5.13 Å². The predicted octanol–water partition coefficient (Wildman–Crippen LogP) is 3.56. The van der Waals surface area contributed by atoms with Gasteiger partial charge in [-0.15, -0.1) is 11.3 Å². The minimum atomic E-state index is -3.75. The summed E-state index contributed by atoms with van der Waals surface area (Å²) >= 11 is 1.19. The van der Waals surface area contributed by atoms with Gasteiger partial charge in [-0.2, -0.15) is 0 Å². The molecule has 1 N–H and O–H groups in total. The van der Waals surface area contributed by atoms with Crippen molar-refractivity contribution < 1.29 is 17.6 Å². The molecule has 32 heavy (non-hydrogen) atoms. The van der Waals surface area contributed by atoms with Gasteiger partial charge in [0, 0.05) is 36.0 Å². The quantitative estimate of drug-likeness (QED) is 0.614. The van der Waals surface area contributed by atoms with Crippen molar-refractivity contribution in [1.29, 1.82) is 0 Å². The molecule has 0 saturated carbocycles. The molecule has 10 heteroatoms. The molecule has 3 aromatic rings. The lowest BCUT2D eigenvalue weighted by Gasteiger charge is -2.26. The Morgan fingerprint density at radius 3 is 2.69 bits per heavy atom. The molecule has 1 fully saturated rings. The molecule has 0 bridgehead atoms. The summed E-state index contributed by atoms with van der Waals surface area (Å²) in [5.74, 6) is -0.323. The van der Waals surface area contributed by atoms with Crippen molar-refractivity contribution in [1.82, 2.24) is 4.98 Å². The number of hydrogen-bond donors (Lipinski definition) is 1. The first-order valence-electron chi connectivity index (χ1n) is 10.2. The molecule has 166 valence electrons. The van der Waals surface area contributed by atoms with Gasteiger partial charge in [-0.25, -0.2) is 17.8 Å². The summed E-state index contributed by atoms with van der Waals surface area (Å²) in [6.45, 7) is 2.95. The average Bonchev–Trinajstić information content (AvgIpc) is 3.49. The molecule has 5 rings (SSSR count). The Balaban J connectivity index is 1.33. The number of aryl methyl sites for hydroxylation is 1. The minimum Gasteiger partial charge on any atom is -0.359 e. The van der Waals surface area contributed by atoms with Crippen LogP contribution in [0.2, 0.25) is 0 Å².